The van der Waals surface area contributed by atoms with E-state index >= 15 is 0 Å². The van der Waals surface area contributed by atoms with Gasteiger partial charge in [0.05, 0.1) is 34.5 Å². The molecule has 40 heavy (non-hydrogen) atoms. The van der Waals surface area contributed by atoms with Crippen LogP contribution in [-0.4, -0.2) is 31.3 Å². The third-order valence-electron chi connectivity index (χ3n) is 6.63. The van der Waals surface area contributed by atoms with Crippen molar-refractivity contribution in [1.29, 1.82) is 0 Å². The molecule has 2 heterocycles. The van der Waals surface area contributed by atoms with Crippen molar-refractivity contribution in [2.75, 3.05) is 11.5 Å². The van der Waals surface area contributed by atoms with Crippen LogP contribution in [0.2, 0.25) is 0 Å². The Kier molecular flexibility index (Phi) is 7.05. The third kappa shape index (κ3) is 5.02. The molecule has 0 amide bonds. The number of ether oxygens (including phenoxy) is 1. The highest BCUT2D eigenvalue weighted by Crippen LogP contribution is 2.44. The number of halogens is 3. The van der Waals surface area contributed by atoms with E-state index in [0.717, 1.165) is 33.6 Å². The van der Waals surface area contributed by atoms with E-state index in [1.54, 1.807) is 25.1 Å². The number of carbonyl (C=O) groups is 1. The minimum absolute atomic E-state index is 0.00971. The molecule has 2 aliphatic heterocycles. The first-order chi connectivity index (χ1) is 19.0. The smallest absolute Gasteiger partial charge is 0.416 e. The topological polar surface area (TPSA) is 66.9 Å². The van der Waals surface area contributed by atoms with Gasteiger partial charge < -0.3 is 9.64 Å². The van der Waals surface area contributed by atoms with Crippen LogP contribution in [-0.2, 0) is 25.7 Å². The van der Waals surface area contributed by atoms with E-state index in [1.165, 1.54) is 30.5 Å². The van der Waals surface area contributed by atoms with Crippen molar-refractivity contribution in [2.45, 2.75) is 31.0 Å². The van der Waals surface area contributed by atoms with E-state index in [0.29, 0.717) is 16.9 Å². The van der Waals surface area contributed by atoms with Crippen LogP contribution in [0.3, 0.4) is 0 Å². The number of hydrogen-bond acceptors (Lipinski definition) is 5. The molecular weight excluding hydrogens is 541 g/mol. The molecule has 0 N–H and O–H groups in total. The Bertz CT molecular complexity index is 1640. The number of para-hydroxylation sites is 1. The summed E-state index contributed by atoms with van der Waals surface area (Å²) in [7, 11) is -4.25. The van der Waals surface area contributed by atoms with Gasteiger partial charge in [0.1, 0.15) is 0 Å². The summed E-state index contributed by atoms with van der Waals surface area (Å²) in [5.74, 6) is -0.722. The van der Waals surface area contributed by atoms with E-state index in [-0.39, 0.29) is 17.2 Å². The molecule has 206 valence electrons. The van der Waals surface area contributed by atoms with Gasteiger partial charge in [0, 0.05) is 18.0 Å². The summed E-state index contributed by atoms with van der Waals surface area (Å²) in [5.41, 5.74) is 2.37. The van der Waals surface area contributed by atoms with Gasteiger partial charge in [-0.05, 0) is 55.3 Å². The number of anilines is 1. The highest BCUT2D eigenvalue weighted by molar-refractivity contribution is 7.89. The first kappa shape index (κ1) is 27.3. The Hall–Kier alpha value is -4.31. The number of nitrogens with zero attached hydrogens (tertiary/aromatic N) is 2. The Morgan fingerprint density at radius 1 is 1.00 bits per heavy atom. The predicted octanol–water partition coefficient (Wildman–Crippen LogP) is 6.37. The van der Waals surface area contributed by atoms with Gasteiger partial charge in [-0.1, -0.05) is 60.2 Å². The van der Waals surface area contributed by atoms with Crippen molar-refractivity contribution in [3.05, 3.63) is 119 Å². The lowest BCUT2D eigenvalue weighted by Gasteiger charge is -2.45. The average molecular weight is 567 g/mol. The second-order valence-corrected chi connectivity index (χ2v) is 11.1. The molecule has 2 aliphatic rings. The molecule has 0 spiro atoms. The fraction of sp³-hybridized carbons (Fsp3) is 0.167. The maximum atomic E-state index is 14.0. The minimum Gasteiger partial charge on any atom is -0.463 e. The predicted molar refractivity (Wildman–Crippen MR) is 146 cm³/mol. The van der Waals surface area contributed by atoms with Gasteiger partial charge in [0.25, 0.3) is 10.0 Å². The molecule has 0 radical (unpaired) electrons. The number of fused-ring (bicyclic) bond motifs is 3. The second kappa shape index (κ2) is 10.3. The Morgan fingerprint density at radius 3 is 2.33 bits per heavy atom. The Morgan fingerprint density at radius 2 is 1.68 bits per heavy atom. The van der Waals surface area contributed by atoms with E-state index in [1.807, 2.05) is 42.2 Å². The lowest BCUT2D eigenvalue weighted by molar-refractivity contribution is -0.138. The number of aryl methyl sites for hydroxylation is 1. The molecule has 3 aromatic carbocycles. The maximum absolute atomic E-state index is 14.0. The van der Waals surface area contributed by atoms with Crippen LogP contribution < -0.4 is 4.90 Å². The fourth-order valence-electron chi connectivity index (χ4n) is 4.70. The van der Waals surface area contributed by atoms with E-state index < -0.39 is 33.8 Å². The Labute approximate surface area is 230 Å². The van der Waals surface area contributed by atoms with Crippen molar-refractivity contribution in [2.24, 2.45) is 0 Å². The lowest BCUT2D eigenvalue weighted by Crippen LogP contribution is -2.47. The summed E-state index contributed by atoms with van der Waals surface area (Å²) < 4.78 is 74.2. The molecule has 10 heteroatoms. The Balaban J connectivity index is 1.76. The highest BCUT2D eigenvalue weighted by Gasteiger charge is 2.41. The van der Waals surface area contributed by atoms with Crippen LogP contribution in [0.15, 0.2) is 102 Å². The van der Waals surface area contributed by atoms with Gasteiger partial charge in [0.15, 0.2) is 0 Å². The van der Waals surface area contributed by atoms with Gasteiger partial charge in [-0.25, -0.2) is 17.5 Å². The molecule has 3 aromatic rings. The monoisotopic (exact) mass is 566 g/mol. The largest absolute Gasteiger partial charge is 0.463 e. The van der Waals surface area contributed by atoms with Crippen LogP contribution in [0.1, 0.15) is 29.2 Å². The van der Waals surface area contributed by atoms with Crippen molar-refractivity contribution < 1.29 is 31.1 Å². The van der Waals surface area contributed by atoms with Crippen LogP contribution in [0, 0.1) is 6.92 Å². The summed E-state index contributed by atoms with van der Waals surface area (Å²) >= 11 is 0. The first-order valence-electron chi connectivity index (χ1n) is 12.5. The normalized spacial score (nSPS) is 17.8. The number of esters is 1. The highest BCUT2D eigenvalue weighted by atomic mass is 32.2. The second-order valence-electron chi connectivity index (χ2n) is 9.26. The molecule has 0 aromatic heterocycles. The molecule has 1 unspecified atom stereocenters. The quantitative estimate of drug-likeness (QED) is 0.265. The SMILES string of the molecule is CCOC(=O)/C=C1\C2C=Cc3ccccc3N2C(c2ccc(C(F)(F)F)cc2)=CN1S(=O)(=O)c1ccc(C)cc1. The zero-order valence-corrected chi connectivity index (χ0v) is 22.4. The van der Waals surface area contributed by atoms with Gasteiger partial charge in [-0.3, -0.25) is 0 Å². The summed E-state index contributed by atoms with van der Waals surface area (Å²) in [6.07, 6.45) is 1.53. The minimum atomic E-state index is -4.53. The summed E-state index contributed by atoms with van der Waals surface area (Å²) in [5, 5.41) is 0. The molecule has 0 bridgehead atoms. The molecular formula is C30H25F3N2O4S. The molecule has 5 rings (SSSR count). The van der Waals surface area contributed by atoms with Crippen molar-refractivity contribution in [1.82, 2.24) is 4.31 Å². The number of alkyl halides is 3. The number of carbonyl (C=O) groups excluding carboxylic acids is 1. The van der Waals surface area contributed by atoms with E-state index in [9.17, 15) is 26.4 Å². The van der Waals surface area contributed by atoms with E-state index in [4.69, 9.17) is 4.74 Å². The molecule has 0 saturated heterocycles. The maximum Gasteiger partial charge on any atom is 0.416 e. The fourth-order valence-corrected chi connectivity index (χ4v) is 6.08. The summed E-state index contributed by atoms with van der Waals surface area (Å²) in [4.78, 5) is 14.5. The van der Waals surface area contributed by atoms with Crippen molar-refractivity contribution in [3.8, 4) is 0 Å². The molecule has 0 saturated carbocycles. The molecule has 0 aliphatic carbocycles. The van der Waals surface area contributed by atoms with Crippen LogP contribution in [0.25, 0.3) is 11.8 Å². The standard InChI is InChI=1S/C30H25F3N2O4S/c1-3-39-29(36)18-27-26-17-12-21-6-4-5-7-25(21)35(26)28(22-10-13-23(14-11-22)30(31,32)33)19-34(27)40(37,38)24-15-8-20(2)9-16-24/h4-19,26H,3H2,1-2H3/b27-18+. The van der Waals surface area contributed by atoms with Crippen molar-refractivity contribution in [3.63, 3.8) is 0 Å². The van der Waals surface area contributed by atoms with Gasteiger partial charge >= 0.3 is 12.1 Å². The van der Waals surface area contributed by atoms with Crippen molar-refractivity contribution >= 4 is 33.5 Å². The molecule has 1 atom stereocenters. The summed E-state index contributed by atoms with van der Waals surface area (Å²) in [6.45, 7) is 3.56. The zero-order valence-electron chi connectivity index (χ0n) is 21.6. The third-order valence-corrected chi connectivity index (χ3v) is 8.33. The van der Waals surface area contributed by atoms with Crippen LogP contribution in [0.5, 0.6) is 0 Å². The van der Waals surface area contributed by atoms with Gasteiger partial charge in [-0.2, -0.15) is 13.2 Å². The number of hydrogen-bond donors (Lipinski definition) is 0. The lowest BCUT2D eigenvalue weighted by atomic mass is 9.95. The molecule has 6 nitrogen and oxygen atoms in total. The average Bonchev–Trinajstić information content (AvgIpc) is 2.93. The van der Waals surface area contributed by atoms with Crippen LogP contribution >= 0.6 is 0 Å². The number of sulfonamides is 1. The summed E-state index contributed by atoms with van der Waals surface area (Å²) in [6, 6.07) is 17.4. The van der Waals surface area contributed by atoms with E-state index in [2.05, 4.69) is 0 Å². The molecule has 0 fully saturated rings. The van der Waals surface area contributed by atoms with Crippen LogP contribution in [0.4, 0.5) is 18.9 Å². The number of rotatable bonds is 5. The zero-order chi connectivity index (χ0) is 28.7. The number of benzene rings is 3. The van der Waals surface area contributed by atoms with Gasteiger partial charge in [-0.15, -0.1) is 0 Å². The van der Waals surface area contributed by atoms with Gasteiger partial charge in [0.2, 0.25) is 0 Å². The first-order valence-corrected chi connectivity index (χ1v) is 13.9.